The van der Waals surface area contributed by atoms with E-state index in [1.807, 2.05) is 13.0 Å². The van der Waals surface area contributed by atoms with Crippen molar-refractivity contribution in [1.82, 2.24) is 0 Å². The molecule has 1 unspecified atom stereocenters. The average molecular weight is 342 g/mol. The maximum absolute atomic E-state index is 12.2. The van der Waals surface area contributed by atoms with Gasteiger partial charge in [0.15, 0.2) is 0 Å². The summed E-state index contributed by atoms with van der Waals surface area (Å²) in [6, 6.07) is 0. The Morgan fingerprint density at radius 2 is 1.86 bits per heavy atom. The first kappa shape index (κ1) is 17.0. The van der Waals surface area contributed by atoms with Crippen molar-refractivity contribution in [3.63, 3.8) is 0 Å². The molecule has 1 N–H and O–H groups in total. The molecular formula is C18H22FeO3. The third-order valence-corrected chi connectivity index (χ3v) is 5.77. The molecule has 3 nitrogen and oxygen atoms in total. The van der Waals surface area contributed by atoms with Crippen molar-refractivity contribution in [1.29, 1.82) is 0 Å². The third kappa shape index (κ3) is 4.08. The number of carbonyl (C=O) groups excluding carboxylic acids is 1. The van der Waals surface area contributed by atoms with Gasteiger partial charge in [0.25, 0.3) is 0 Å². The van der Waals surface area contributed by atoms with E-state index in [4.69, 9.17) is 5.11 Å². The molecule has 0 radical (unpaired) electrons. The van der Waals surface area contributed by atoms with Crippen molar-refractivity contribution in [2.45, 2.75) is 46.0 Å². The van der Waals surface area contributed by atoms with E-state index in [0.717, 1.165) is 39.8 Å². The molecule has 2 aliphatic rings. The number of ketones is 1. The van der Waals surface area contributed by atoms with Crippen molar-refractivity contribution in [3.8, 4) is 0 Å². The van der Waals surface area contributed by atoms with E-state index < -0.39 is 5.97 Å². The summed E-state index contributed by atoms with van der Waals surface area (Å²) >= 11 is 0.940. The van der Waals surface area contributed by atoms with Crippen LogP contribution in [0.3, 0.4) is 0 Å². The van der Waals surface area contributed by atoms with E-state index in [1.165, 1.54) is 14.5 Å². The van der Waals surface area contributed by atoms with Crippen molar-refractivity contribution >= 4 is 11.8 Å². The first-order valence-electron chi connectivity index (χ1n) is 7.68. The van der Waals surface area contributed by atoms with Gasteiger partial charge >= 0.3 is 138 Å². The molecule has 2 rings (SSSR count). The number of allylic oxidation sites excluding steroid dienone is 8. The Balaban J connectivity index is 2.08. The van der Waals surface area contributed by atoms with Gasteiger partial charge in [0, 0.05) is 0 Å². The number of carbonyl (C=O) groups is 2. The zero-order valence-electron chi connectivity index (χ0n) is 13.0. The molecule has 0 heterocycles. The van der Waals surface area contributed by atoms with E-state index in [9.17, 15) is 9.59 Å². The number of carboxylic acid groups (broad SMARTS) is 1. The first-order valence-corrected chi connectivity index (χ1v) is 8.78. The minimum absolute atomic E-state index is 0.0238. The van der Waals surface area contributed by atoms with Crippen LogP contribution in [0, 0.1) is 5.92 Å². The van der Waals surface area contributed by atoms with Gasteiger partial charge in [-0.3, -0.25) is 0 Å². The van der Waals surface area contributed by atoms with Gasteiger partial charge in [-0.1, -0.05) is 0 Å². The Bertz CT molecular complexity index is 593. The fourth-order valence-corrected chi connectivity index (χ4v) is 4.46. The zero-order valence-corrected chi connectivity index (χ0v) is 14.1. The van der Waals surface area contributed by atoms with E-state index in [1.54, 1.807) is 0 Å². The van der Waals surface area contributed by atoms with Gasteiger partial charge in [-0.15, -0.1) is 0 Å². The summed E-state index contributed by atoms with van der Waals surface area (Å²) in [6.07, 6.45) is 11.6. The van der Waals surface area contributed by atoms with Crippen LogP contribution in [0.5, 0.6) is 0 Å². The van der Waals surface area contributed by atoms with Crippen molar-refractivity contribution in [2.75, 3.05) is 0 Å². The summed E-state index contributed by atoms with van der Waals surface area (Å²) in [4.78, 5) is 22.8. The Kier molecular flexibility index (Phi) is 5.98. The number of Topliss-reactive ketones (excluding diaryl/α,β-unsaturated/α-hetero) is 1. The number of aliphatic carboxylic acids is 1. The molecule has 1 atom stereocenters. The molecule has 0 bridgehead atoms. The van der Waals surface area contributed by atoms with E-state index in [-0.39, 0.29) is 24.5 Å². The molecule has 120 valence electrons. The fourth-order valence-electron chi connectivity index (χ4n) is 2.62. The summed E-state index contributed by atoms with van der Waals surface area (Å²) in [6.45, 7) is 4.07. The topological polar surface area (TPSA) is 54.4 Å². The summed E-state index contributed by atoms with van der Waals surface area (Å²) in [5.74, 6) is -1.09. The van der Waals surface area contributed by atoms with Gasteiger partial charge in [-0.25, -0.2) is 0 Å². The molecule has 0 saturated carbocycles. The summed E-state index contributed by atoms with van der Waals surface area (Å²) in [5.41, 5.74) is 2.52. The summed E-state index contributed by atoms with van der Waals surface area (Å²) in [7, 11) is 0. The van der Waals surface area contributed by atoms with Crippen LogP contribution >= 0.6 is 0 Å². The Labute approximate surface area is 138 Å². The van der Waals surface area contributed by atoms with Crippen LogP contribution in [0.2, 0.25) is 0 Å². The predicted octanol–water partition coefficient (Wildman–Crippen LogP) is 3.98. The van der Waals surface area contributed by atoms with Crippen LogP contribution in [-0.4, -0.2) is 16.9 Å². The Morgan fingerprint density at radius 3 is 2.55 bits per heavy atom. The zero-order chi connectivity index (χ0) is 16.1. The van der Waals surface area contributed by atoms with Gasteiger partial charge in [-0.05, 0) is 0 Å². The molecule has 0 aromatic heterocycles. The molecule has 2 aliphatic carbocycles. The molecule has 0 fully saturated rings. The van der Waals surface area contributed by atoms with Crippen molar-refractivity contribution in [3.05, 3.63) is 44.4 Å². The van der Waals surface area contributed by atoms with Crippen molar-refractivity contribution < 1.29 is 29.7 Å². The number of hydrogen-bond acceptors (Lipinski definition) is 2. The van der Waals surface area contributed by atoms with Crippen LogP contribution in [0.25, 0.3) is 0 Å². The molecule has 0 aromatic rings. The minimum atomic E-state index is -0.911. The van der Waals surface area contributed by atoms with Gasteiger partial charge in [0.05, 0.1) is 0 Å². The summed E-state index contributed by atoms with van der Waals surface area (Å²) < 4.78 is 2.78. The molecule has 0 aliphatic heterocycles. The van der Waals surface area contributed by atoms with Crippen LogP contribution < -0.4 is 0 Å². The van der Waals surface area contributed by atoms with Gasteiger partial charge < -0.3 is 0 Å². The van der Waals surface area contributed by atoms with Gasteiger partial charge in [0.2, 0.25) is 0 Å². The fraction of sp³-hybridized carbons (Fsp3) is 0.444. The molecule has 4 heteroatoms. The van der Waals surface area contributed by atoms with Crippen LogP contribution in [0.15, 0.2) is 44.4 Å². The second-order valence-corrected chi connectivity index (χ2v) is 7.11. The molecular weight excluding hydrogens is 320 g/mol. The second kappa shape index (κ2) is 7.75. The molecule has 0 spiro atoms. The average Bonchev–Trinajstić information content (AvgIpc) is 3.13. The van der Waals surface area contributed by atoms with Crippen LogP contribution in [0.1, 0.15) is 46.0 Å². The SMILES string of the molecule is CCC1=[C]([Fe][C]2=C(C(C)C(=O)CCC(=O)O)C=CC2)CC=C1. The molecule has 0 amide bonds. The first-order chi connectivity index (χ1) is 10.5. The third-order valence-electron chi connectivity index (χ3n) is 3.98. The number of carboxylic acids is 1. The van der Waals surface area contributed by atoms with E-state index in [0.29, 0.717) is 0 Å². The van der Waals surface area contributed by atoms with Crippen LogP contribution in [0.4, 0.5) is 0 Å². The molecule has 22 heavy (non-hydrogen) atoms. The number of rotatable bonds is 8. The van der Waals surface area contributed by atoms with E-state index in [2.05, 4.69) is 25.2 Å². The summed E-state index contributed by atoms with van der Waals surface area (Å²) in [5, 5.41) is 8.72. The van der Waals surface area contributed by atoms with Crippen molar-refractivity contribution in [2.24, 2.45) is 5.92 Å². The number of hydrogen-bond donors (Lipinski definition) is 1. The molecule has 0 aromatic carbocycles. The quantitative estimate of drug-likeness (QED) is 0.679. The normalized spacial score (nSPS) is 18.6. The standard InChI is InChI=1S/C11H13O3.C7H9.Fe/c1-8(9-4-2-3-5-9)10(12)6-7-11(13)14;1-2-7-5-3-4-6-7;/h2,4,8H,3,6-7H2,1H3,(H,13,14);3,5H,2,4H2,1H3;. The van der Waals surface area contributed by atoms with E-state index >= 15 is 0 Å². The van der Waals surface area contributed by atoms with Gasteiger partial charge in [-0.2, -0.15) is 0 Å². The Hall–Kier alpha value is -1.38. The molecule has 0 saturated heterocycles. The van der Waals surface area contributed by atoms with Gasteiger partial charge in [0.1, 0.15) is 0 Å². The second-order valence-electron chi connectivity index (χ2n) is 5.50. The monoisotopic (exact) mass is 342 g/mol. The maximum atomic E-state index is 12.2. The van der Waals surface area contributed by atoms with Crippen LogP contribution in [-0.2, 0) is 24.5 Å². The Morgan fingerprint density at radius 1 is 1.18 bits per heavy atom. The predicted molar refractivity (Wildman–Crippen MR) is 82.9 cm³/mol.